The van der Waals surface area contributed by atoms with Crippen LogP contribution in [0.1, 0.15) is 35.3 Å². The molecule has 2 aromatic heterocycles. The van der Waals surface area contributed by atoms with Crippen LogP contribution in [-0.4, -0.2) is 20.8 Å². The number of nitrogens with zero attached hydrogens (tertiary/aromatic N) is 3. The molecule has 98 valence electrons. The number of hydrogen-bond donors (Lipinski definition) is 1. The lowest BCUT2D eigenvalue weighted by Gasteiger charge is -2.09. The molecule has 1 unspecified atom stereocenters. The number of aromatic nitrogens is 3. The summed E-state index contributed by atoms with van der Waals surface area (Å²) in [7, 11) is 0. The maximum absolute atomic E-state index is 6.04. The van der Waals surface area contributed by atoms with E-state index in [-0.39, 0.29) is 6.04 Å². The second-order valence-corrected chi connectivity index (χ2v) is 5.58. The zero-order valence-corrected chi connectivity index (χ0v) is 12.0. The van der Waals surface area contributed by atoms with Gasteiger partial charge in [0, 0.05) is 23.3 Å². The number of hydrogen-bond acceptors (Lipinski definition) is 4. The fourth-order valence-corrected chi connectivity index (χ4v) is 2.65. The van der Waals surface area contributed by atoms with Gasteiger partial charge in [-0.25, -0.2) is 4.98 Å². The van der Waals surface area contributed by atoms with Gasteiger partial charge < -0.3 is 5.73 Å². The van der Waals surface area contributed by atoms with Crippen molar-refractivity contribution in [3.63, 3.8) is 0 Å². The zero-order valence-electron chi connectivity index (χ0n) is 11.2. The van der Waals surface area contributed by atoms with E-state index >= 15 is 0 Å². The molecule has 2 aromatic rings. The molecule has 0 aliphatic rings. The third kappa shape index (κ3) is 2.79. The third-order valence-corrected chi connectivity index (χ3v) is 4.05. The Morgan fingerprint density at radius 1 is 1.44 bits per heavy atom. The van der Waals surface area contributed by atoms with Gasteiger partial charge in [-0.05, 0) is 32.3 Å². The lowest BCUT2D eigenvalue weighted by atomic mass is 10.0. The van der Waals surface area contributed by atoms with Crippen molar-refractivity contribution in [1.82, 2.24) is 14.8 Å². The molecule has 0 bridgehead atoms. The van der Waals surface area contributed by atoms with E-state index in [4.69, 9.17) is 5.73 Å². The van der Waals surface area contributed by atoms with Gasteiger partial charge in [0.1, 0.15) is 5.01 Å². The standard InChI is InChI=1S/C13H20N4S/c1-4-11(14)7-12-9(2)16-17(10(12)3)8-13-15-5-6-18-13/h5-6,11H,4,7-8,14H2,1-3H3. The summed E-state index contributed by atoms with van der Waals surface area (Å²) < 4.78 is 2.03. The van der Waals surface area contributed by atoms with Gasteiger partial charge in [-0.3, -0.25) is 4.68 Å². The van der Waals surface area contributed by atoms with E-state index in [2.05, 4.69) is 30.9 Å². The predicted octanol–water partition coefficient (Wildman–Crippen LogP) is 2.28. The Morgan fingerprint density at radius 3 is 2.83 bits per heavy atom. The predicted molar refractivity (Wildman–Crippen MR) is 74.9 cm³/mol. The first-order valence-corrected chi connectivity index (χ1v) is 7.16. The molecular formula is C13H20N4S. The molecule has 0 saturated carbocycles. The van der Waals surface area contributed by atoms with Gasteiger partial charge >= 0.3 is 0 Å². The molecule has 0 saturated heterocycles. The Labute approximate surface area is 112 Å². The smallest absolute Gasteiger partial charge is 0.114 e. The maximum Gasteiger partial charge on any atom is 0.114 e. The first-order chi connectivity index (χ1) is 8.61. The summed E-state index contributed by atoms with van der Waals surface area (Å²) in [5.41, 5.74) is 9.64. The van der Waals surface area contributed by atoms with Gasteiger partial charge in [0.15, 0.2) is 0 Å². The fourth-order valence-electron chi connectivity index (χ4n) is 2.05. The van der Waals surface area contributed by atoms with Crippen molar-refractivity contribution < 1.29 is 0 Å². The van der Waals surface area contributed by atoms with Crippen LogP contribution in [0.4, 0.5) is 0 Å². The second kappa shape index (κ2) is 5.63. The van der Waals surface area contributed by atoms with Crippen LogP contribution in [0.5, 0.6) is 0 Å². The van der Waals surface area contributed by atoms with Crippen LogP contribution in [0.25, 0.3) is 0 Å². The molecule has 0 aliphatic heterocycles. The summed E-state index contributed by atoms with van der Waals surface area (Å²) in [6.45, 7) is 7.05. The Balaban J connectivity index is 2.20. The molecule has 0 spiro atoms. The molecule has 2 N–H and O–H groups in total. The number of nitrogens with two attached hydrogens (primary N) is 1. The van der Waals surface area contributed by atoms with Crippen LogP contribution in [0.2, 0.25) is 0 Å². The lowest BCUT2D eigenvalue weighted by Crippen LogP contribution is -2.22. The van der Waals surface area contributed by atoms with Crippen molar-refractivity contribution in [1.29, 1.82) is 0 Å². The minimum Gasteiger partial charge on any atom is -0.327 e. The Hall–Kier alpha value is -1.20. The molecule has 0 radical (unpaired) electrons. The SMILES string of the molecule is CCC(N)Cc1c(C)nn(Cc2nccs2)c1C. The molecule has 4 nitrogen and oxygen atoms in total. The van der Waals surface area contributed by atoms with Crippen molar-refractivity contribution in [2.45, 2.75) is 46.2 Å². The molecule has 0 aliphatic carbocycles. The van der Waals surface area contributed by atoms with Gasteiger partial charge in [0.2, 0.25) is 0 Å². The first-order valence-electron chi connectivity index (χ1n) is 6.28. The van der Waals surface area contributed by atoms with Gasteiger partial charge in [-0.15, -0.1) is 11.3 Å². The number of thiazole rings is 1. The average Bonchev–Trinajstić information content (AvgIpc) is 2.94. The quantitative estimate of drug-likeness (QED) is 0.901. The highest BCUT2D eigenvalue weighted by Crippen LogP contribution is 2.17. The van der Waals surface area contributed by atoms with Crippen LogP contribution < -0.4 is 5.73 Å². The van der Waals surface area contributed by atoms with Crippen LogP contribution in [0.15, 0.2) is 11.6 Å². The van der Waals surface area contributed by atoms with Gasteiger partial charge in [0.05, 0.1) is 12.2 Å². The summed E-state index contributed by atoms with van der Waals surface area (Å²) >= 11 is 1.66. The van der Waals surface area contributed by atoms with E-state index in [0.717, 1.165) is 30.1 Å². The fraction of sp³-hybridized carbons (Fsp3) is 0.538. The molecule has 0 aromatic carbocycles. The van der Waals surface area contributed by atoms with E-state index in [9.17, 15) is 0 Å². The van der Waals surface area contributed by atoms with Gasteiger partial charge in [0.25, 0.3) is 0 Å². The minimum atomic E-state index is 0.222. The highest BCUT2D eigenvalue weighted by Gasteiger charge is 2.14. The van der Waals surface area contributed by atoms with Crippen molar-refractivity contribution in [2.75, 3.05) is 0 Å². The Bertz CT molecular complexity index is 501. The zero-order chi connectivity index (χ0) is 13.1. The van der Waals surface area contributed by atoms with Crippen LogP contribution in [0.3, 0.4) is 0 Å². The summed E-state index contributed by atoms with van der Waals surface area (Å²) in [6.07, 6.45) is 3.74. The molecule has 0 fully saturated rings. The number of rotatable bonds is 5. The van der Waals surface area contributed by atoms with Crippen molar-refractivity contribution in [3.8, 4) is 0 Å². The summed E-state index contributed by atoms with van der Waals surface area (Å²) in [4.78, 5) is 4.30. The maximum atomic E-state index is 6.04. The lowest BCUT2D eigenvalue weighted by molar-refractivity contribution is 0.635. The molecule has 5 heteroatoms. The molecule has 18 heavy (non-hydrogen) atoms. The monoisotopic (exact) mass is 264 g/mol. The first kappa shape index (κ1) is 13.2. The highest BCUT2D eigenvalue weighted by atomic mass is 32.1. The third-order valence-electron chi connectivity index (χ3n) is 3.29. The van der Waals surface area contributed by atoms with E-state index in [0.29, 0.717) is 0 Å². The normalized spacial score (nSPS) is 12.9. The average molecular weight is 264 g/mol. The van der Waals surface area contributed by atoms with Gasteiger partial charge in [-0.2, -0.15) is 5.10 Å². The van der Waals surface area contributed by atoms with E-state index in [1.807, 2.05) is 16.3 Å². The topological polar surface area (TPSA) is 56.7 Å². The molecule has 1 atom stereocenters. The van der Waals surface area contributed by atoms with E-state index < -0.39 is 0 Å². The van der Waals surface area contributed by atoms with Crippen LogP contribution in [-0.2, 0) is 13.0 Å². The second-order valence-electron chi connectivity index (χ2n) is 4.61. The van der Waals surface area contributed by atoms with Crippen molar-refractivity contribution in [3.05, 3.63) is 33.5 Å². The van der Waals surface area contributed by atoms with Crippen LogP contribution in [0, 0.1) is 13.8 Å². The van der Waals surface area contributed by atoms with E-state index in [1.54, 1.807) is 11.3 Å². The van der Waals surface area contributed by atoms with Crippen molar-refractivity contribution >= 4 is 11.3 Å². The molecule has 0 amide bonds. The highest BCUT2D eigenvalue weighted by molar-refractivity contribution is 7.09. The number of aryl methyl sites for hydroxylation is 1. The molecule has 2 rings (SSSR count). The van der Waals surface area contributed by atoms with E-state index in [1.165, 1.54) is 11.3 Å². The Kier molecular flexibility index (Phi) is 4.14. The van der Waals surface area contributed by atoms with Crippen molar-refractivity contribution in [2.24, 2.45) is 5.73 Å². The summed E-state index contributed by atoms with van der Waals surface area (Å²) in [5.74, 6) is 0. The summed E-state index contributed by atoms with van der Waals surface area (Å²) in [5, 5.41) is 7.68. The largest absolute Gasteiger partial charge is 0.327 e. The Morgan fingerprint density at radius 2 is 2.22 bits per heavy atom. The van der Waals surface area contributed by atoms with Crippen LogP contribution >= 0.6 is 11.3 Å². The minimum absolute atomic E-state index is 0.222. The van der Waals surface area contributed by atoms with Gasteiger partial charge in [-0.1, -0.05) is 6.92 Å². The molecular weight excluding hydrogens is 244 g/mol. The summed E-state index contributed by atoms with van der Waals surface area (Å²) in [6, 6.07) is 0.222. The molecule has 2 heterocycles.